The molecule has 1 aromatic heterocycles. The fraction of sp³-hybridized carbons (Fsp3) is 0.333. The molecule has 0 bridgehead atoms. The average molecular weight is 227 g/mol. The van der Waals surface area contributed by atoms with Crippen LogP contribution in [0.2, 0.25) is 0 Å². The van der Waals surface area contributed by atoms with Crippen molar-refractivity contribution < 1.29 is 4.42 Å². The van der Waals surface area contributed by atoms with E-state index >= 15 is 0 Å². The lowest BCUT2D eigenvalue weighted by atomic mass is 10.1. The van der Waals surface area contributed by atoms with Crippen molar-refractivity contribution in [2.45, 2.75) is 19.8 Å². The van der Waals surface area contributed by atoms with Crippen LogP contribution in [-0.2, 0) is 0 Å². The molecule has 1 saturated heterocycles. The topological polar surface area (TPSA) is 16.4 Å². The minimum absolute atomic E-state index is 0.962. The van der Waals surface area contributed by atoms with E-state index in [1.54, 1.807) is 0 Å². The smallest absolute Gasteiger partial charge is 0.134 e. The Balaban J connectivity index is 1.93. The van der Waals surface area contributed by atoms with E-state index in [0.29, 0.717) is 0 Å². The summed E-state index contributed by atoms with van der Waals surface area (Å²) in [5, 5.41) is 0. The summed E-state index contributed by atoms with van der Waals surface area (Å²) in [7, 11) is 0. The summed E-state index contributed by atoms with van der Waals surface area (Å²) < 4.78 is 5.67. The molecular weight excluding hydrogens is 210 g/mol. The lowest BCUT2D eigenvalue weighted by molar-refractivity contribution is 0.548. The molecule has 3 rings (SSSR count). The van der Waals surface area contributed by atoms with Gasteiger partial charge in [0.2, 0.25) is 0 Å². The number of nitrogens with zero attached hydrogens (tertiary/aromatic N) is 1. The molecule has 0 amide bonds. The lowest BCUT2D eigenvalue weighted by Crippen LogP contribution is -2.17. The van der Waals surface area contributed by atoms with Crippen LogP contribution >= 0.6 is 0 Å². The van der Waals surface area contributed by atoms with Crippen LogP contribution < -0.4 is 4.90 Å². The number of rotatable bonds is 2. The predicted molar refractivity (Wildman–Crippen MR) is 70.3 cm³/mol. The maximum atomic E-state index is 5.67. The Bertz CT molecular complexity index is 509. The quantitative estimate of drug-likeness (QED) is 0.774. The second-order valence-electron chi connectivity index (χ2n) is 4.65. The third-order valence-corrected chi connectivity index (χ3v) is 3.34. The highest BCUT2D eigenvalue weighted by molar-refractivity contribution is 5.64. The van der Waals surface area contributed by atoms with Crippen LogP contribution in [-0.4, -0.2) is 13.1 Å². The van der Waals surface area contributed by atoms with Crippen molar-refractivity contribution in [2.75, 3.05) is 18.0 Å². The fourth-order valence-corrected chi connectivity index (χ4v) is 2.42. The number of hydrogen-bond donors (Lipinski definition) is 0. The van der Waals surface area contributed by atoms with E-state index in [-0.39, 0.29) is 0 Å². The molecule has 0 radical (unpaired) electrons. The molecule has 88 valence electrons. The molecule has 17 heavy (non-hydrogen) atoms. The highest BCUT2D eigenvalue weighted by Crippen LogP contribution is 2.27. The summed E-state index contributed by atoms with van der Waals surface area (Å²) in [6, 6.07) is 12.7. The number of aryl methyl sites for hydroxylation is 1. The van der Waals surface area contributed by atoms with Crippen molar-refractivity contribution in [2.24, 2.45) is 0 Å². The minimum Gasteiger partial charge on any atom is -0.461 e. The van der Waals surface area contributed by atoms with Gasteiger partial charge in [0.05, 0.1) is 0 Å². The normalized spacial score (nSPS) is 15.5. The first-order chi connectivity index (χ1) is 8.33. The van der Waals surface area contributed by atoms with Gasteiger partial charge in [-0.2, -0.15) is 0 Å². The Labute approximate surface area is 102 Å². The van der Waals surface area contributed by atoms with Crippen LogP contribution in [0.3, 0.4) is 0 Å². The molecule has 0 spiro atoms. The first-order valence-corrected chi connectivity index (χ1v) is 6.25. The molecule has 0 N–H and O–H groups in total. The summed E-state index contributed by atoms with van der Waals surface area (Å²) in [6.07, 6.45) is 2.62. The Morgan fingerprint density at radius 1 is 1.06 bits per heavy atom. The minimum atomic E-state index is 0.962. The van der Waals surface area contributed by atoms with Crippen LogP contribution in [0, 0.1) is 6.92 Å². The zero-order valence-electron chi connectivity index (χ0n) is 10.1. The van der Waals surface area contributed by atoms with E-state index in [1.165, 1.54) is 37.2 Å². The Kier molecular flexibility index (Phi) is 2.63. The molecule has 0 atom stereocenters. The van der Waals surface area contributed by atoms with Gasteiger partial charge in [-0.3, -0.25) is 0 Å². The molecule has 2 heterocycles. The standard InChI is InChI=1S/C15H17NO/c1-12-7-8-15(17-12)13-5-4-6-14(11-13)16-9-2-3-10-16/h4-8,11H,2-3,9-10H2,1H3. The summed E-state index contributed by atoms with van der Waals surface area (Å²) in [6.45, 7) is 4.34. The van der Waals surface area contributed by atoms with Gasteiger partial charge in [-0.15, -0.1) is 0 Å². The van der Waals surface area contributed by atoms with E-state index in [2.05, 4.69) is 29.2 Å². The molecule has 2 aromatic rings. The maximum Gasteiger partial charge on any atom is 0.134 e. The third kappa shape index (κ3) is 2.07. The van der Waals surface area contributed by atoms with E-state index in [0.717, 1.165) is 11.5 Å². The number of anilines is 1. The molecule has 2 heteroatoms. The largest absolute Gasteiger partial charge is 0.461 e. The van der Waals surface area contributed by atoms with Crippen molar-refractivity contribution in [3.63, 3.8) is 0 Å². The summed E-state index contributed by atoms with van der Waals surface area (Å²) in [5.41, 5.74) is 2.48. The van der Waals surface area contributed by atoms with E-state index in [1.807, 2.05) is 19.1 Å². The van der Waals surface area contributed by atoms with E-state index in [9.17, 15) is 0 Å². The first kappa shape index (κ1) is 10.5. The highest BCUT2D eigenvalue weighted by atomic mass is 16.3. The Morgan fingerprint density at radius 3 is 2.59 bits per heavy atom. The van der Waals surface area contributed by atoms with Gasteiger partial charge in [-0.1, -0.05) is 12.1 Å². The molecule has 1 aromatic carbocycles. The van der Waals surface area contributed by atoms with E-state index in [4.69, 9.17) is 4.42 Å². The maximum absolute atomic E-state index is 5.67. The van der Waals surface area contributed by atoms with Crippen LogP contribution in [0.25, 0.3) is 11.3 Å². The first-order valence-electron chi connectivity index (χ1n) is 6.25. The van der Waals surface area contributed by atoms with Crippen LogP contribution in [0.5, 0.6) is 0 Å². The van der Waals surface area contributed by atoms with Gasteiger partial charge >= 0.3 is 0 Å². The number of hydrogen-bond acceptors (Lipinski definition) is 2. The number of furan rings is 1. The summed E-state index contributed by atoms with van der Waals surface area (Å²) >= 11 is 0. The predicted octanol–water partition coefficient (Wildman–Crippen LogP) is 3.86. The van der Waals surface area contributed by atoms with Gasteiger partial charge < -0.3 is 9.32 Å². The van der Waals surface area contributed by atoms with Crippen molar-refractivity contribution in [3.8, 4) is 11.3 Å². The third-order valence-electron chi connectivity index (χ3n) is 3.34. The lowest BCUT2D eigenvalue weighted by Gasteiger charge is -2.17. The van der Waals surface area contributed by atoms with Gasteiger partial charge in [-0.25, -0.2) is 0 Å². The van der Waals surface area contributed by atoms with Crippen molar-refractivity contribution >= 4 is 5.69 Å². The molecule has 1 aliphatic rings. The van der Waals surface area contributed by atoms with Crippen LogP contribution in [0.15, 0.2) is 40.8 Å². The van der Waals surface area contributed by atoms with Gasteiger partial charge in [0.25, 0.3) is 0 Å². The summed E-state index contributed by atoms with van der Waals surface area (Å²) in [4.78, 5) is 2.44. The fourth-order valence-electron chi connectivity index (χ4n) is 2.42. The van der Waals surface area contributed by atoms with Crippen LogP contribution in [0.1, 0.15) is 18.6 Å². The molecule has 0 saturated carbocycles. The molecule has 2 nitrogen and oxygen atoms in total. The van der Waals surface area contributed by atoms with Gasteiger partial charge in [0.15, 0.2) is 0 Å². The van der Waals surface area contributed by atoms with Gasteiger partial charge in [0, 0.05) is 24.3 Å². The Hall–Kier alpha value is -1.70. The monoisotopic (exact) mass is 227 g/mol. The SMILES string of the molecule is Cc1ccc(-c2cccc(N3CCCC3)c2)o1. The molecule has 0 unspecified atom stereocenters. The molecule has 1 fully saturated rings. The summed E-state index contributed by atoms with van der Waals surface area (Å²) in [5.74, 6) is 1.93. The highest BCUT2D eigenvalue weighted by Gasteiger charge is 2.13. The average Bonchev–Trinajstić information content (AvgIpc) is 3.00. The molecule has 0 aliphatic carbocycles. The van der Waals surface area contributed by atoms with E-state index < -0.39 is 0 Å². The zero-order valence-corrected chi connectivity index (χ0v) is 10.1. The van der Waals surface area contributed by atoms with Crippen molar-refractivity contribution in [3.05, 3.63) is 42.2 Å². The Morgan fingerprint density at radius 2 is 1.88 bits per heavy atom. The second kappa shape index (κ2) is 4.28. The van der Waals surface area contributed by atoms with Crippen molar-refractivity contribution in [1.82, 2.24) is 0 Å². The molecular formula is C15H17NO. The van der Waals surface area contributed by atoms with Gasteiger partial charge in [0.1, 0.15) is 11.5 Å². The zero-order chi connectivity index (χ0) is 11.7. The van der Waals surface area contributed by atoms with Gasteiger partial charge in [-0.05, 0) is 44.0 Å². The second-order valence-corrected chi connectivity index (χ2v) is 4.65. The van der Waals surface area contributed by atoms with Crippen LogP contribution in [0.4, 0.5) is 5.69 Å². The number of benzene rings is 1. The molecule has 1 aliphatic heterocycles. The van der Waals surface area contributed by atoms with Crippen molar-refractivity contribution in [1.29, 1.82) is 0 Å².